The highest BCUT2D eigenvalue weighted by Crippen LogP contribution is 2.59. The van der Waals surface area contributed by atoms with Gasteiger partial charge in [-0.15, -0.1) is 0 Å². The van der Waals surface area contributed by atoms with Crippen molar-refractivity contribution in [2.45, 2.75) is 144 Å². The van der Waals surface area contributed by atoms with E-state index in [1.165, 1.54) is 87.0 Å². The van der Waals surface area contributed by atoms with E-state index in [9.17, 15) is 0 Å². The minimum atomic E-state index is 0.301. The quantitative estimate of drug-likeness (QED) is 0.210. The number of unbranched alkanes of at least 4 members (excludes halogenated alkanes) is 6. The van der Waals surface area contributed by atoms with Gasteiger partial charge < -0.3 is 0 Å². The van der Waals surface area contributed by atoms with Crippen LogP contribution in [0.25, 0.3) is 10.8 Å². The topological polar surface area (TPSA) is 0 Å². The molecule has 2 aromatic carbocycles. The van der Waals surface area contributed by atoms with Crippen LogP contribution >= 0.6 is 0 Å². The average molecular weight is 479 g/mol. The van der Waals surface area contributed by atoms with Gasteiger partial charge in [-0.1, -0.05) is 148 Å². The highest BCUT2D eigenvalue weighted by Gasteiger charge is 2.50. The minimum absolute atomic E-state index is 0.301. The van der Waals surface area contributed by atoms with E-state index < -0.39 is 0 Å². The van der Waals surface area contributed by atoms with Crippen LogP contribution in [0, 0.1) is 5.92 Å². The van der Waals surface area contributed by atoms with Gasteiger partial charge >= 0.3 is 0 Å². The zero-order valence-electron chi connectivity index (χ0n) is 25.0. The Labute approximate surface area is 220 Å². The van der Waals surface area contributed by atoms with E-state index >= 15 is 0 Å². The molecule has 0 amide bonds. The molecule has 2 aromatic rings. The van der Waals surface area contributed by atoms with Crippen LogP contribution in [0.1, 0.15) is 150 Å². The molecule has 35 heavy (non-hydrogen) atoms. The lowest BCUT2D eigenvalue weighted by Gasteiger charge is -2.39. The second-order valence-corrected chi connectivity index (χ2v) is 10.3. The average Bonchev–Trinajstić information content (AvgIpc) is 3.15. The highest BCUT2D eigenvalue weighted by molar-refractivity contribution is 5.89. The van der Waals surface area contributed by atoms with Gasteiger partial charge in [-0.05, 0) is 66.8 Å². The molecule has 0 aromatic heterocycles. The molecular weight excluding hydrogens is 420 g/mol. The highest BCUT2D eigenvalue weighted by atomic mass is 14.5. The van der Waals surface area contributed by atoms with Crippen molar-refractivity contribution in [2.75, 3.05) is 0 Å². The summed E-state index contributed by atoms with van der Waals surface area (Å²) in [5.41, 5.74) is 5.19. The van der Waals surface area contributed by atoms with Crippen LogP contribution in [0.2, 0.25) is 0 Å². The summed E-state index contributed by atoms with van der Waals surface area (Å²) in [5.74, 6) is 1.30. The van der Waals surface area contributed by atoms with Crippen LogP contribution in [0.5, 0.6) is 0 Å². The van der Waals surface area contributed by atoms with Gasteiger partial charge in [0.2, 0.25) is 0 Å². The molecule has 3 rings (SSSR count). The molecule has 0 saturated carbocycles. The maximum Gasteiger partial charge on any atom is 0.00306 e. The van der Waals surface area contributed by atoms with E-state index in [-0.39, 0.29) is 0 Å². The number of allylic oxidation sites excluding steroid dienone is 2. The Hall–Kier alpha value is -1.56. The fourth-order valence-electron chi connectivity index (χ4n) is 6.45. The van der Waals surface area contributed by atoms with E-state index in [2.05, 4.69) is 77.1 Å². The molecule has 198 valence electrons. The third kappa shape index (κ3) is 7.71. The van der Waals surface area contributed by atoms with Gasteiger partial charge in [-0.25, -0.2) is 0 Å². The molecule has 0 saturated heterocycles. The normalized spacial score (nSPS) is 17.6. The molecule has 0 aliphatic heterocycles. The predicted octanol–water partition coefficient (Wildman–Crippen LogP) is 12.2. The van der Waals surface area contributed by atoms with Gasteiger partial charge in [0.1, 0.15) is 0 Å². The monoisotopic (exact) mass is 478 g/mol. The Morgan fingerprint density at radius 2 is 1.31 bits per heavy atom. The number of fused-ring (bicyclic) bond motifs is 3. The number of benzene rings is 2. The van der Waals surface area contributed by atoms with Crippen LogP contribution in [0.3, 0.4) is 0 Å². The Morgan fingerprint density at radius 3 is 1.83 bits per heavy atom. The molecule has 0 fully saturated rings. The van der Waals surface area contributed by atoms with Crippen molar-refractivity contribution < 1.29 is 0 Å². The van der Waals surface area contributed by atoms with Crippen molar-refractivity contribution >= 4 is 10.8 Å². The lowest BCUT2D eigenvalue weighted by atomic mass is 9.65. The molecule has 1 aliphatic rings. The molecule has 0 nitrogen and oxygen atoms in total. The van der Waals surface area contributed by atoms with Gasteiger partial charge in [0, 0.05) is 5.41 Å². The van der Waals surface area contributed by atoms with Gasteiger partial charge in [-0.2, -0.15) is 0 Å². The molecule has 0 N–H and O–H groups in total. The van der Waals surface area contributed by atoms with Crippen molar-refractivity contribution in [1.29, 1.82) is 0 Å². The van der Waals surface area contributed by atoms with Gasteiger partial charge in [0.25, 0.3) is 0 Å². The van der Waals surface area contributed by atoms with Crippen molar-refractivity contribution in [2.24, 2.45) is 5.92 Å². The molecule has 0 heterocycles. The Kier molecular flexibility index (Phi) is 15.3. The molecule has 0 bridgehead atoms. The van der Waals surface area contributed by atoms with Crippen LogP contribution in [0.15, 0.2) is 48.0 Å². The van der Waals surface area contributed by atoms with E-state index in [4.69, 9.17) is 0 Å². The summed E-state index contributed by atoms with van der Waals surface area (Å²) in [4.78, 5) is 0. The Morgan fingerprint density at radius 1 is 0.743 bits per heavy atom. The standard InChI is InChI=1S/C31H46.2C2H6/c1-6-9-11-15-21-31(22-16-12-10-7-2)29(23-24(4)5)26(8-3)28-20-19-25-17-13-14-18-27(25)30(28)31;2*1-2/h13-14,17-20,23,26,29H,6-12,15-16,21-22H2,1-5H3;2*1-2H3. The first-order valence-corrected chi connectivity index (χ1v) is 15.3. The van der Waals surface area contributed by atoms with Crippen molar-refractivity contribution in [3.8, 4) is 0 Å². The van der Waals surface area contributed by atoms with E-state index in [0.717, 1.165) is 0 Å². The smallest absolute Gasteiger partial charge is 0.00306 e. The number of hydrogen-bond donors (Lipinski definition) is 0. The molecule has 0 heteroatoms. The minimum Gasteiger partial charge on any atom is -0.0813 e. The fourth-order valence-corrected chi connectivity index (χ4v) is 6.45. The summed E-state index contributed by atoms with van der Waals surface area (Å²) in [7, 11) is 0. The van der Waals surface area contributed by atoms with E-state index in [1.807, 2.05) is 27.7 Å². The third-order valence-electron chi connectivity index (χ3n) is 7.84. The Bertz CT molecular complexity index is 839. The van der Waals surface area contributed by atoms with Crippen molar-refractivity contribution in [1.82, 2.24) is 0 Å². The first kappa shape index (κ1) is 31.5. The molecule has 2 atom stereocenters. The number of hydrogen-bond acceptors (Lipinski definition) is 0. The van der Waals surface area contributed by atoms with Crippen LogP contribution < -0.4 is 0 Å². The Balaban J connectivity index is 0.00000145. The molecule has 1 aliphatic carbocycles. The third-order valence-corrected chi connectivity index (χ3v) is 7.84. The van der Waals surface area contributed by atoms with Gasteiger partial charge in [0.15, 0.2) is 0 Å². The van der Waals surface area contributed by atoms with E-state index in [0.29, 0.717) is 17.3 Å². The van der Waals surface area contributed by atoms with Crippen molar-refractivity contribution in [3.05, 3.63) is 59.2 Å². The summed E-state index contributed by atoms with van der Waals surface area (Å²) >= 11 is 0. The molecular formula is C35H58. The molecule has 0 radical (unpaired) electrons. The first-order valence-electron chi connectivity index (χ1n) is 15.3. The van der Waals surface area contributed by atoms with Crippen LogP contribution in [0.4, 0.5) is 0 Å². The SMILES string of the molecule is CC.CC.CCCCCCC1(CCCCCC)c2c(ccc3ccccc23)C(CC)C1C=C(C)C. The predicted molar refractivity (Wildman–Crippen MR) is 162 cm³/mol. The largest absolute Gasteiger partial charge is 0.0813 e. The second kappa shape index (κ2) is 17.0. The molecule has 2 unspecified atom stereocenters. The van der Waals surface area contributed by atoms with Gasteiger partial charge in [-0.3, -0.25) is 0 Å². The maximum absolute atomic E-state index is 2.67. The lowest BCUT2D eigenvalue weighted by Crippen LogP contribution is -2.32. The maximum atomic E-state index is 2.67. The first-order chi connectivity index (χ1) is 17.1. The number of rotatable bonds is 12. The zero-order chi connectivity index (χ0) is 26.3. The summed E-state index contributed by atoms with van der Waals surface area (Å²) < 4.78 is 0. The van der Waals surface area contributed by atoms with Crippen molar-refractivity contribution in [3.63, 3.8) is 0 Å². The summed E-state index contributed by atoms with van der Waals surface area (Å²) in [6, 6.07) is 14.1. The summed E-state index contributed by atoms with van der Waals surface area (Å²) in [5, 5.41) is 2.97. The molecule has 0 spiro atoms. The second-order valence-electron chi connectivity index (χ2n) is 10.3. The van der Waals surface area contributed by atoms with E-state index in [1.54, 1.807) is 11.1 Å². The zero-order valence-corrected chi connectivity index (χ0v) is 25.0. The van der Waals surface area contributed by atoms with Crippen LogP contribution in [-0.2, 0) is 5.41 Å². The summed E-state index contributed by atoms with van der Waals surface area (Å²) in [6.07, 6.45) is 17.5. The summed E-state index contributed by atoms with van der Waals surface area (Å²) in [6.45, 7) is 19.7. The lowest BCUT2D eigenvalue weighted by molar-refractivity contribution is 0.251. The van der Waals surface area contributed by atoms with Crippen LogP contribution in [-0.4, -0.2) is 0 Å². The fraction of sp³-hybridized carbons (Fsp3) is 0.657. The van der Waals surface area contributed by atoms with Gasteiger partial charge in [0.05, 0.1) is 0 Å².